The summed E-state index contributed by atoms with van der Waals surface area (Å²) in [7, 11) is 0. The molecule has 6 rings (SSSR count). The SMILES string of the molecule is O=C1NC(=O)N(c2ccc(OCc3ccccc3)cc2)C(=O)/C1=C/c1ccc(OCc2cccc3ccccc23)cc1. The fraction of sp³-hybridized carbons (Fsp3) is 0.0571. The smallest absolute Gasteiger partial charge is 0.335 e. The Hall–Kier alpha value is -5.69. The van der Waals surface area contributed by atoms with E-state index in [-0.39, 0.29) is 5.57 Å². The molecule has 0 unspecified atom stereocenters. The highest BCUT2D eigenvalue weighted by Gasteiger charge is 2.36. The molecule has 4 amide bonds. The Morgan fingerprint density at radius 3 is 2.05 bits per heavy atom. The van der Waals surface area contributed by atoms with Gasteiger partial charge in [0.1, 0.15) is 30.3 Å². The minimum Gasteiger partial charge on any atom is -0.489 e. The molecule has 1 aliphatic heterocycles. The van der Waals surface area contributed by atoms with Gasteiger partial charge in [-0.05, 0) is 69.9 Å². The lowest BCUT2D eigenvalue weighted by Crippen LogP contribution is -2.54. The number of amides is 4. The summed E-state index contributed by atoms with van der Waals surface area (Å²) in [5.41, 5.74) is 2.88. The second-order valence-electron chi connectivity index (χ2n) is 9.72. The molecule has 0 radical (unpaired) electrons. The van der Waals surface area contributed by atoms with E-state index in [0.29, 0.717) is 36.0 Å². The maximum Gasteiger partial charge on any atom is 0.335 e. The summed E-state index contributed by atoms with van der Waals surface area (Å²) in [4.78, 5) is 39.5. The number of imide groups is 2. The van der Waals surface area contributed by atoms with Crippen LogP contribution < -0.4 is 19.7 Å². The van der Waals surface area contributed by atoms with E-state index < -0.39 is 17.8 Å². The average Bonchev–Trinajstić information content (AvgIpc) is 3.02. The van der Waals surface area contributed by atoms with Crippen LogP contribution in [0, 0.1) is 0 Å². The van der Waals surface area contributed by atoms with Crippen molar-refractivity contribution in [1.82, 2.24) is 5.32 Å². The summed E-state index contributed by atoms with van der Waals surface area (Å²) in [6.45, 7) is 0.785. The van der Waals surface area contributed by atoms with Crippen LogP contribution in [0.4, 0.5) is 10.5 Å². The topological polar surface area (TPSA) is 84.9 Å². The summed E-state index contributed by atoms with van der Waals surface area (Å²) in [5, 5.41) is 4.54. The highest BCUT2D eigenvalue weighted by molar-refractivity contribution is 6.39. The normalized spacial score (nSPS) is 14.2. The van der Waals surface area contributed by atoms with Gasteiger partial charge in [-0.25, -0.2) is 9.69 Å². The Labute approximate surface area is 242 Å². The molecule has 1 aliphatic rings. The summed E-state index contributed by atoms with van der Waals surface area (Å²) in [6.07, 6.45) is 1.46. The zero-order valence-corrected chi connectivity index (χ0v) is 22.5. The van der Waals surface area contributed by atoms with Crippen LogP contribution in [0.2, 0.25) is 0 Å². The highest BCUT2D eigenvalue weighted by atomic mass is 16.5. The second kappa shape index (κ2) is 11.8. The van der Waals surface area contributed by atoms with Gasteiger partial charge in [-0.1, -0.05) is 84.9 Å². The average molecular weight is 555 g/mol. The first-order chi connectivity index (χ1) is 20.5. The number of barbiturate groups is 1. The molecule has 0 spiro atoms. The van der Waals surface area contributed by atoms with Gasteiger partial charge in [0.25, 0.3) is 11.8 Å². The lowest BCUT2D eigenvalue weighted by Gasteiger charge is -2.26. The quantitative estimate of drug-likeness (QED) is 0.171. The van der Waals surface area contributed by atoms with Crippen molar-refractivity contribution in [2.24, 2.45) is 0 Å². The van der Waals surface area contributed by atoms with Crippen molar-refractivity contribution < 1.29 is 23.9 Å². The van der Waals surface area contributed by atoms with Gasteiger partial charge in [0.15, 0.2) is 0 Å². The Balaban J connectivity index is 1.14. The molecule has 7 heteroatoms. The van der Waals surface area contributed by atoms with Crippen molar-refractivity contribution in [2.45, 2.75) is 13.2 Å². The predicted molar refractivity (Wildman–Crippen MR) is 161 cm³/mol. The van der Waals surface area contributed by atoms with Crippen molar-refractivity contribution in [3.05, 3.63) is 144 Å². The summed E-state index contributed by atoms with van der Waals surface area (Å²) in [5.74, 6) is -0.226. The fourth-order valence-electron chi connectivity index (χ4n) is 4.73. The summed E-state index contributed by atoms with van der Waals surface area (Å²) >= 11 is 0. The molecule has 42 heavy (non-hydrogen) atoms. The van der Waals surface area contributed by atoms with Crippen LogP contribution in [0.1, 0.15) is 16.7 Å². The van der Waals surface area contributed by atoms with Gasteiger partial charge in [-0.2, -0.15) is 0 Å². The number of nitrogens with one attached hydrogen (secondary N) is 1. The number of anilines is 1. The van der Waals surface area contributed by atoms with Crippen LogP contribution in [0.3, 0.4) is 0 Å². The monoisotopic (exact) mass is 554 g/mol. The predicted octanol–water partition coefficient (Wildman–Crippen LogP) is 6.66. The third-order valence-corrected chi connectivity index (χ3v) is 6.91. The molecular weight excluding hydrogens is 528 g/mol. The first-order valence-corrected chi connectivity index (χ1v) is 13.4. The Morgan fingerprint density at radius 2 is 1.29 bits per heavy atom. The van der Waals surface area contributed by atoms with Crippen molar-refractivity contribution in [2.75, 3.05) is 4.90 Å². The number of hydrogen-bond donors (Lipinski definition) is 1. The lowest BCUT2D eigenvalue weighted by molar-refractivity contribution is -0.122. The largest absolute Gasteiger partial charge is 0.489 e. The van der Waals surface area contributed by atoms with Crippen molar-refractivity contribution in [3.63, 3.8) is 0 Å². The van der Waals surface area contributed by atoms with Gasteiger partial charge in [-0.3, -0.25) is 14.9 Å². The Bertz CT molecular complexity index is 1790. The van der Waals surface area contributed by atoms with Crippen LogP contribution in [0.25, 0.3) is 16.8 Å². The van der Waals surface area contributed by atoms with Crippen LogP contribution >= 0.6 is 0 Å². The number of fused-ring (bicyclic) bond motifs is 1. The van der Waals surface area contributed by atoms with E-state index in [1.54, 1.807) is 48.5 Å². The van der Waals surface area contributed by atoms with Crippen molar-refractivity contribution >= 4 is 40.4 Å². The molecule has 1 N–H and O–H groups in total. The molecule has 0 saturated carbocycles. The van der Waals surface area contributed by atoms with E-state index in [2.05, 4.69) is 23.5 Å². The van der Waals surface area contributed by atoms with Crippen LogP contribution in [0.5, 0.6) is 11.5 Å². The summed E-state index contributed by atoms with van der Waals surface area (Å²) < 4.78 is 11.8. The maximum absolute atomic E-state index is 13.3. The van der Waals surface area contributed by atoms with Crippen LogP contribution in [-0.4, -0.2) is 17.8 Å². The molecule has 0 aliphatic carbocycles. The molecule has 0 atom stereocenters. The van der Waals surface area contributed by atoms with Gasteiger partial charge in [0, 0.05) is 0 Å². The molecule has 5 aromatic rings. The van der Waals surface area contributed by atoms with Gasteiger partial charge in [0.05, 0.1) is 5.69 Å². The zero-order valence-electron chi connectivity index (χ0n) is 22.5. The zero-order chi connectivity index (χ0) is 28.9. The second-order valence-corrected chi connectivity index (χ2v) is 9.72. The minimum absolute atomic E-state index is 0.150. The third kappa shape index (κ3) is 5.76. The van der Waals surface area contributed by atoms with Gasteiger partial charge < -0.3 is 9.47 Å². The molecule has 5 aromatic carbocycles. The number of rotatable bonds is 8. The number of benzene rings is 5. The fourth-order valence-corrected chi connectivity index (χ4v) is 4.73. The number of urea groups is 1. The van der Waals surface area contributed by atoms with E-state index in [1.165, 1.54) is 6.08 Å². The first kappa shape index (κ1) is 26.5. The van der Waals surface area contributed by atoms with Crippen molar-refractivity contribution in [1.29, 1.82) is 0 Å². The molecule has 1 saturated heterocycles. The van der Waals surface area contributed by atoms with E-state index >= 15 is 0 Å². The van der Waals surface area contributed by atoms with Crippen LogP contribution in [-0.2, 0) is 22.8 Å². The molecule has 206 valence electrons. The third-order valence-electron chi connectivity index (χ3n) is 6.91. The number of ether oxygens (including phenoxy) is 2. The number of carbonyl (C=O) groups is 3. The molecule has 0 bridgehead atoms. The van der Waals surface area contributed by atoms with Crippen LogP contribution in [0.15, 0.2) is 127 Å². The van der Waals surface area contributed by atoms with E-state index in [1.807, 2.05) is 54.6 Å². The number of nitrogens with zero attached hydrogens (tertiary/aromatic N) is 1. The first-order valence-electron chi connectivity index (χ1n) is 13.4. The molecular formula is C35H26N2O5. The molecule has 7 nitrogen and oxygen atoms in total. The standard InChI is InChI=1S/C35H26N2O5/c38-33-32(21-24-13-17-29(18-14-24)42-23-27-11-6-10-26-9-4-5-12-31(26)27)34(39)37(35(40)36-33)28-15-19-30(20-16-28)41-22-25-7-2-1-3-8-25/h1-21H,22-23H2,(H,36,38,40)/b32-21+. The Kier molecular flexibility index (Phi) is 7.46. The summed E-state index contributed by atoms with van der Waals surface area (Å²) in [6, 6.07) is 36.8. The maximum atomic E-state index is 13.3. The van der Waals surface area contributed by atoms with Gasteiger partial charge >= 0.3 is 6.03 Å². The molecule has 1 fully saturated rings. The van der Waals surface area contributed by atoms with E-state index in [9.17, 15) is 14.4 Å². The minimum atomic E-state index is -0.808. The molecule has 0 aromatic heterocycles. The highest BCUT2D eigenvalue weighted by Crippen LogP contribution is 2.26. The lowest BCUT2D eigenvalue weighted by atomic mass is 10.1. The Morgan fingerprint density at radius 1 is 0.643 bits per heavy atom. The van der Waals surface area contributed by atoms with E-state index in [0.717, 1.165) is 26.8 Å². The van der Waals surface area contributed by atoms with Crippen molar-refractivity contribution in [3.8, 4) is 11.5 Å². The number of hydrogen-bond acceptors (Lipinski definition) is 5. The van der Waals surface area contributed by atoms with Gasteiger partial charge in [0.2, 0.25) is 0 Å². The molecule has 1 heterocycles. The number of carbonyl (C=O) groups excluding carboxylic acids is 3. The van der Waals surface area contributed by atoms with E-state index in [4.69, 9.17) is 9.47 Å². The van der Waals surface area contributed by atoms with Gasteiger partial charge in [-0.15, -0.1) is 0 Å².